The van der Waals surface area contributed by atoms with Crippen LogP contribution in [0.15, 0.2) is 76.2 Å². The van der Waals surface area contributed by atoms with Crippen LogP contribution < -0.4 is 5.32 Å². The van der Waals surface area contributed by atoms with Gasteiger partial charge in [-0.25, -0.2) is 4.98 Å². The Hall–Kier alpha value is -2.59. The van der Waals surface area contributed by atoms with Crippen molar-refractivity contribution in [2.24, 2.45) is 0 Å². The van der Waals surface area contributed by atoms with Crippen molar-refractivity contribution < 1.29 is 4.79 Å². The molecule has 29 heavy (non-hydrogen) atoms. The number of amides is 1. The summed E-state index contributed by atoms with van der Waals surface area (Å²) in [5, 5.41) is 4.86. The van der Waals surface area contributed by atoms with Crippen LogP contribution in [0, 0.1) is 6.92 Å². The van der Waals surface area contributed by atoms with Gasteiger partial charge < -0.3 is 5.32 Å². The van der Waals surface area contributed by atoms with Gasteiger partial charge in [0.1, 0.15) is 5.03 Å². The number of carbonyl (C=O) groups is 1. The van der Waals surface area contributed by atoms with E-state index >= 15 is 0 Å². The summed E-state index contributed by atoms with van der Waals surface area (Å²) >= 11 is 1.59. The minimum atomic E-state index is -0.0224. The molecule has 4 rings (SSSR count). The lowest BCUT2D eigenvalue weighted by atomic mass is 9.97. The third kappa shape index (κ3) is 5.07. The molecule has 0 unspecified atom stereocenters. The van der Waals surface area contributed by atoms with E-state index in [0.717, 1.165) is 27.2 Å². The van der Waals surface area contributed by atoms with Crippen LogP contribution >= 0.6 is 11.8 Å². The van der Waals surface area contributed by atoms with Crippen molar-refractivity contribution in [1.82, 2.24) is 10.3 Å². The smallest absolute Gasteiger partial charge is 0.252 e. The lowest BCUT2D eigenvalue weighted by molar-refractivity contribution is 0.0955. The fourth-order valence-electron chi connectivity index (χ4n) is 3.68. The van der Waals surface area contributed by atoms with Gasteiger partial charge in [0, 0.05) is 16.8 Å². The molecule has 1 aliphatic rings. The standard InChI is InChI=1S/C25H26N2OS/c1-18-11-13-20(14-12-18)29-24-17-22(21-9-5-6-10-23(21)27-24)25(28)26-16-15-19-7-3-2-4-8-19/h5-7,9-14,17H,2-4,8,15-16H2,1H3,(H,26,28). The first kappa shape index (κ1) is 19.7. The number of aryl methyl sites for hydroxylation is 1. The van der Waals surface area contributed by atoms with E-state index < -0.39 is 0 Å². The van der Waals surface area contributed by atoms with Gasteiger partial charge in [-0.2, -0.15) is 0 Å². The average Bonchev–Trinajstić information content (AvgIpc) is 2.75. The molecule has 2 aromatic carbocycles. The van der Waals surface area contributed by atoms with Gasteiger partial charge in [0.05, 0.1) is 11.1 Å². The van der Waals surface area contributed by atoms with Crippen LogP contribution in [-0.2, 0) is 0 Å². The van der Waals surface area contributed by atoms with E-state index in [1.54, 1.807) is 11.8 Å². The quantitative estimate of drug-likeness (QED) is 0.491. The van der Waals surface area contributed by atoms with Crippen molar-refractivity contribution in [3.63, 3.8) is 0 Å². The van der Waals surface area contributed by atoms with E-state index in [9.17, 15) is 4.79 Å². The van der Waals surface area contributed by atoms with Crippen LogP contribution in [0.4, 0.5) is 0 Å². The number of fused-ring (bicyclic) bond motifs is 1. The SMILES string of the molecule is Cc1ccc(Sc2cc(C(=O)NCCC3=CCCCC3)c3ccccc3n2)cc1. The highest BCUT2D eigenvalue weighted by molar-refractivity contribution is 7.99. The molecule has 3 aromatic rings. The lowest BCUT2D eigenvalue weighted by Gasteiger charge is -2.14. The summed E-state index contributed by atoms with van der Waals surface area (Å²) in [5.74, 6) is -0.0224. The van der Waals surface area contributed by atoms with Crippen LogP contribution in [0.1, 0.15) is 48.0 Å². The molecule has 0 radical (unpaired) electrons. The Bertz CT molecular complexity index is 1040. The maximum atomic E-state index is 13.0. The summed E-state index contributed by atoms with van der Waals surface area (Å²) in [6.45, 7) is 2.76. The Morgan fingerprint density at radius 3 is 2.72 bits per heavy atom. The molecule has 4 heteroatoms. The maximum absolute atomic E-state index is 13.0. The number of para-hydroxylation sites is 1. The van der Waals surface area contributed by atoms with Gasteiger partial charge >= 0.3 is 0 Å². The van der Waals surface area contributed by atoms with Crippen molar-refractivity contribution >= 4 is 28.6 Å². The number of allylic oxidation sites excluding steroid dienone is 1. The zero-order valence-electron chi connectivity index (χ0n) is 16.8. The van der Waals surface area contributed by atoms with Crippen LogP contribution in [0.25, 0.3) is 10.9 Å². The van der Waals surface area contributed by atoms with Crippen LogP contribution in [0.3, 0.4) is 0 Å². The van der Waals surface area contributed by atoms with Gasteiger partial charge in [0.25, 0.3) is 5.91 Å². The second kappa shape index (κ2) is 9.27. The largest absolute Gasteiger partial charge is 0.352 e. The highest BCUT2D eigenvalue weighted by Crippen LogP contribution is 2.30. The minimum absolute atomic E-state index is 0.0224. The average molecular weight is 403 g/mol. The van der Waals surface area contributed by atoms with E-state index in [-0.39, 0.29) is 5.91 Å². The molecular weight excluding hydrogens is 376 g/mol. The molecular formula is C25H26N2OS. The van der Waals surface area contributed by atoms with Gasteiger partial charge in [-0.3, -0.25) is 4.79 Å². The predicted octanol–water partition coefficient (Wildman–Crippen LogP) is 6.31. The summed E-state index contributed by atoms with van der Waals surface area (Å²) in [5.41, 5.74) is 4.26. The Morgan fingerprint density at radius 2 is 1.93 bits per heavy atom. The third-order valence-electron chi connectivity index (χ3n) is 5.30. The summed E-state index contributed by atoms with van der Waals surface area (Å²) in [6, 6.07) is 18.2. The number of nitrogens with zero attached hydrogens (tertiary/aromatic N) is 1. The second-order valence-corrected chi connectivity index (χ2v) is 8.65. The summed E-state index contributed by atoms with van der Waals surface area (Å²) in [7, 11) is 0. The molecule has 1 heterocycles. The van der Waals surface area contributed by atoms with E-state index in [1.807, 2.05) is 30.3 Å². The number of benzene rings is 2. The molecule has 0 spiro atoms. The second-order valence-electron chi connectivity index (χ2n) is 7.55. The Kier molecular flexibility index (Phi) is 6.30. The number of aromatic nitrogens is 1. The molecule has 148 valence electrons. The van der Waals surface area contributed by atoms with E-state index in [2.05, 4.69) is 42.6 Å². The zero-order valence-corrected chi connectivity index (χ0v) is 17.6. The van der Waals surface area contributed by atoms with E-state index in [0.29, 0.717) is 12.1 Å². The fraction of sp³-hybridized carbons (Fsp3) is 0.280. The Labute approximate surface area is 176 Å². The van der Waals surface area contributed by atoms with Gasteiger partial charge in [-0.05, 0) is 63.3 Å². The first-order valence-corrected chi connectivity index (χ1v) is 11.1. The summed E-state index contributed by atoms with van der Waals surface area (Å²) in [6.07, 6.45) is 8.20. The van der Waals surface area contributed by atoms with Gasteiger partial charge in [-0.15, -0.1) is 0 Å². The van der Waals surface area contributed by atoms with E-state index in [1.165, 1.54) is 36.8 Å². The summed E-state index contributed by atoms with van der Waals surface area (Å²) < 4.78 is 0. The number of rotatable bonds is 6. The lowest BCUT2D eigenvalue weighted by Crippen LogP contribution is -2.25. The van der Waals surface area contributed by atoms with Crippen molar-refractivity contribution in [2.45, 2.75) is 48.9 Å². The molecule has 1 aromatic heterocycles. The Balaban J connectivity index is 1.54. The topological polar surface area (TPSA) is 42.0 Å². The number of carbonyl (C=O) groups excluding carboxylic acids is 1. The monoisotopic (exact) mass is 402 g/mol. The molecule has 1 N–H and O–H groups in total. The molecule has 3 nitrogen and oxygen atoms in total. The number of hydrogen-bond donors (Lipinski definition) is 1. The van der Waals surface area contributed by atoms with Crippen molar-refractivity contribution in [2.75, 3.05) is 6.54 Å². The zero-order chi connectivity index (χ0) is 20.1. The first-order chi connectivity index (χ1) is 14.2. The normalized spacial score (nSPS) is 13.9. The molecule has 0 fully saturated rings. The third-order valence-corrected chi connectivity index (χ3v) is 6.22. The number of nitrogens with one attached hydrogen (secondary N) is 1. The van der Waals surface area contributed by atoms with Gasteiger partial charge in [-0.1, -0.05) is 59.3 Å². The molecule has 0 saturated carbocycles. The summed E-state index contributed by atoms with van der Waals surface area (Å²) in [4.78, 5) is 18.9. The molecule has 0 saturated heterocycles. The van der Waals surface area contributed by atoms with Crippen LogP contribution in [-0.4, -0.2) is 17.4 Å². The highest BCUT2D eigenvalue weighted by Gasteiger charge is 2.14. The maximum Gasteiger partial charge on any atom is 0.252 e. The van der Waals surface area contributed by atoms with Crippen molar-refractivity contribution in [3.8, 4) is 0 Å². The van der Waals surface area contributed by atoms with Crippen LogP contribution in [0.5, 0.6) is 0 Å². The number of pyridine rings is 1. The van der Waals surface area contributed by atoms with Gasteiger partial charge in [0.15, 0.2) is 0 Å². The number of hydrogen-bond acceptors (Lipinski definition) is 3. The molecule has 0 bridgehead atoms. The molecule has 1 aliphatic carbocycles. The van der Waals surface area contributed by atoms with Gasteiger partial charge in [0.2, 0.25) is 0 Å². The van der Waals surface area contributed by atoms with Crippen LogP contribution in [0.2, 0.25) is 0 Å². The molecule has 0 atom stereocenters. The molecule has 0 aliphatic heterocycles. The predicted molar refractivity (Wildman–Crippen MR) is 121 cm³/mol. The van der Waals surface area contributed by atoms with Crippen molar-refractivity contribution in [3.05, 3.63) is 77.4 Å². The first-order valence-electron chi connectivity index (χ1n) is 10.3. The Morgan fingerprint density at radius 1 is 1.10 bits per heavy atom. The molecule has 1 amide bonds. The highest BCUT2D eigenvalue weighted by atomic mass is 32.2. The minimum Gasteiger partial charge on any atom is -0.352 e. The van der Waals surface area contributed by atoms with E-state index in [4.69, 9.17) is 4.98 Å². The fourth-order valence-corrected chi connectivity index (χ4v) is 4.52. The van der Waals surface area contributed by atoms with Crippen molar-refractivity contribution in [1.29, 1.82) is 0 Å².